The first-order valence-electron chi connectivity index (χ1n) is 16.8. The number of fused-ring (bicyclic) bond motifs is 1. The molecule has 0 atom stereocenters. The number of benzene rings is 1. The van der Waals surface area contributed by atoms with E-state index >= 15 is 0 Å². The van der Waals surface area contributed by atoms with Crippen LogP contribution in [0.3, 0.4) is 0 Å². The van der Waals surface area contributed by atoms with Crippen LogP contribution in [0.25, 0.3) is 5.65 Å². The highest BCUT2D eigenvalue weighted by molar-refractivity contribution is 9.10. The monoisotopic (exact) mass is 809 g/mol. The summed E-state index contributed by atoms with van der Waals surface area (Å²) in [6.07, 6.45) is 5.33. The Labute approximate surface area is 309 Å². The van der Waals surface area contributed by atoms with E-state index < -0.39 is 19.3 Å². The third kappa shape index (κ3) is 9.35. The molecule has 0 spiro atoms. The number of nitrogens with zero attached hydrogens (tertiary/aromatic N) is 7. The van der Waals surface area contributed by atoms with Crippen molar-refractivity contribution in [2.24, 2.45) is 0 Å². The van der Waals surface area contributed by atoms with Gasteiger partial charge in [-0.15, -0.1) is 0 Å². The zero-order chi connectivity index (χ0) is 37.8. The lowest BCUT2D eigenvalue weighted by molar-refractivity contribution is -0.192. The van der Waals surface area contributed by atoms with Crippen molar-refractivity contribution in [2.75, 3.05) is 82.3 Å². The molecule has 2 aliphatic rings. The first-order valence-corrected chi connectivity index (χ1v) is 20.2. The van der Waals surface area contributed by atoms with E-state index in [0.717, 1.165) is 44.0 Å². The molecule has 0 amide bonds. The first kappa shape index (κ1) is 39.3. The fourth-order valence-electron chi connectivity index (χ4n) is 6.48. The molecular formula is C34H44BrF3N9O4P. The van der Waals surface area contributed by atoms with E-state index in [9.17, 15) is 17.7 Å². The molecule has 52 heavy (non-hydrogen) atoms. The summed E-state index contributed by atoms with van der Waals surface area (Å²) >= 11 is 3.59. The van der Waals surface area contributed by atoms with Crippen LogP contribution in [-0.2, 0) is 15.8 Å². The minimum absolute atomic E-state index is 0.418. The molecule has 1 aromatic carbocycles. The number of methoxy groups -OCH3 is 1. The van der Waals surface area contributed by atoms with Crippen LogP contribution >= 0.6 is 23.1 Å². The molecule has 6 rings (SSSR count). The van der Waals surface area contributed by atoms with Gasteiger partial charge in [-0.05, 0) is 73.3 Å². The minimum Gasteiger partial charge on any atom is -0.494 e. The van der Waals surface area contributed by atoms with Crippen molar-refractivity contribution in [3.8, 4) is 5.75 Å². The highest BCUT2D eigenvalue weighted by atomic mass is 79.9. The molecule has 2 fully saturated rings. The Morgan fingerprint density at radius 3 is 2.33 bits per heavy atom. The maximum Gasteiger partial charge on any atom is 0.490 e. The molecule has 0 saturated carbocycles. The number of imidazole rings is 1. The SMILES string of the molecule is CCc1cc(Nc2ncc(Br)c(Nc3ccn4ccnc4c3P(C)(C)=O)n2)c(OC)cc1N1CCC(N2CCN(C)CC2)CC1.O=C(O)C(F)(F)F. The summed E-state index contributed by atoms with van der Waals surface area (Å²) in [5.41, 5.74) is 4.66. The molecule has 0 unspecified atom stereocenters. The summed E-state index contributed by atoms with van der Waals surface area (Å²) in [4.78, 5) is 30.3. The summed E-state index contributed by atoms with van der Waals surface area (Å²) in [6.45, 7) is 12.4. The van der Waals surface area contributed by atoms with Crippen LogP contribution < -0.4 is 25.6 Å². The summed E-state index contributed by atoms with van der Waals surface area (Å²) < 4.78 is 53.5. The molecule has 0 bridgehead atoms. The van der Waals surface area contributed by atoms with Crippen LogP contribution in [-0.4, -0.2) is 119 Å². The zero-order valence-corrected chi connectivity index (χ0v) is 32.2. The Morgan fingerprint density at radius 2 is 1.73 bits per heavy atom. The van der Waals surface area contributed by atoms with Crippen LogP contribution in [0.4, 0.5) is 42.0 Å². The predicted molar refractivity (Wildman–Crippen MR) is 201 cm³/mol. The number of piperidine rings is 1. The maximum atomic E-state index is 13.3. The lowest BCUT2D eigenvalue weighted by Gasteiger charge is -2.43. The number of hydrogen-bond donors (Lipinski definition) is 3. The van der Waals surface area contributed by atoms with E-state index in [2.05, 4.69) is 77.3 Å². The van der Waals surface area contributed by atoms with Crippen molar-refractivity contribution < 1.29 is 32.4 Å². The average Bonchev–Trinajstić information content (AvgIpc) is 3.58. The molecule has 2 aliphatic heterocycles. The van der Waals surface area contributed by atoms with E-state index in [4.69, 9.17) is 19.6 Å². The fraction of sp³-hybridized carbons (Fsp3) is 0.471. The number of pyridine rings is 1. The molecule has 3 N–H and O–H groups in total. The number of aryl methyl sites for hydroxylation is 1. The van der Waals surface area contributed by atoms with E-state index in [0.29, 0.717) is 38.9 Å². The van der Waals surface area contributed by atoms with Gasteiger partial charge < -0.3 is 39.2 Å². The van der Waals surface area contributed by atoms with Crippen LogP contribution in [0, 0.1) is 0 Å². The molecule has 4 aromatic rings. The predicted octanol–water partition coefficient (Wildman–Crippen LogP) is 6.04. The molecule has 282 valence electrons. The molecule has 5 heterocycles. The summed E-state index contributed by atoms with van der Waals surface area (Å²) in [5, 5.41) is 14.6. The number of piperazine rings is 1. The quantitative estimate of drug-likeness (QED) is 0.170. The Kier molecular flexibility index (Phi) is 12.4. The van der Waals surface area contributed by atoms with Gasteiger partial charge in [0.05, 0.1) is 28.3 Å². The van der Waals surface area contributed by atoms with Crippen LogP contribution in [0.5, 0.6) is 5.75 Å². The number of likely N-dealkylation sites (N-methyl/N-ethyl adjacent to an activating group) is 1. The van der Waals surface area contributed by atoms with Gasteiger partial charge in [0.25, 0.3) is 0 Å². The van der Waals surface area contributed by atoms with Gasteiger partial charge in [-0.2, -0.15) is 18.2 Å². The molecule has 0 aliphatic carbocycles. The lowest BCUT2D eigenvalue weighted by atomic mass is 9.99. The second kappa shape index (κ2) is 16.4. The van der Waals surface area contributed by atoms with E-state index in [1.807, 2.05) is 22.9 Å². The lowest BCUT2D eigenvalue weighted by Crippen LogP contribution is -2.52. The van der Waals surface area contributed by atoms with Gasteiger partial charge in [0.2, 0.25) is 5.95 Å². The summed E-state index contributed by atoms with van der Waals surface area (Å²) in [7, 11) is 1.23. The number of aromatic nitrogens is 4. The second-order valence-electron chi connectivity index (χ2n) is 13.1. The highest BCUT2D eigenvalue weighted by Gasteiger charge is 2.38. The van der Waals surface area contributed by atoms with Gasteiger partial charge >= 0.3 is 12.1 Å². The van der Waals surface area contributed by atoms with Gasteiger partial charge in [-0.25, -0.2) is 14.8 Å². The maximum absolute atomic E-state index is 13.3. The third-order valence-corrected chi connectivity index (χ3v) is 11.3. The number of ether oxygens (including phenoxy) is 1. The standard InChI is InChI=1S/C32H43BrN9O2P.C2HF3O2/c1-6-22-19-26(28(44-3)20-27(22)41-11-7-23(8-12-41)40-17-15-39(2)16-18-40)37-32-35-21-24(33)30(38-32)36-25-9-13-42-14-10-34-31(42)29(25)45(4,5)43;3-2(4,5)1(6)7/h9-10,13-14,19-21,23H,6-8,11-12,15-18H2,1-5H3,(H2,35,36,37,38);(H,6,7). The van der Waals surface area contributed by atoms with Gasteiger partial charge in [0, 0.05) is 81.9 Å². The number of halogens is 4. The van der Waals surface area contributed by atoms with Crippen molar-refractivity contribution in [3.05, 3.63) is 53.0 Å². The normalized spacial score (nSPS) is 16.4. The summed E-state index contributed by atoms with van der Waals surface area (Å²) in [5.74, 6) is -1.05. The number of aliphatic carboxylic acids is 1. The van der Waals surface area contributed by atoms with Crippen molar-refractivity contribution in [2.45, 2.75) is 38.4 Å². The largest absolute Gasteiger partial charge is 0.494 e. The minimum atomic E-state index is -5.08. The molecule has 3 aromatic heterocycles. The fourth-order valence-corrected chi connectivity index (χ4v) is 8.14. The molecule has 2 saturated heterocycles. The van der Waals surface area contributed by atoms with E-state index in [1.54, 1.807) is 32.8 Å². The highest BCUT2D eigenvalue weighted by Crippen LogP contribution is 2.41. The van der Waals surface area contributed by atoms with E-state index in [-0.39, 0.29) is 0 Å². The number of anilines is 5. The third-order valence-electron chi connectivity index (χ3n) is 9.20. The molecule has 13 nitrogen and oxygen atoms in total. The Bertz CT molecular complexity index is 1920. The number of rotatable bonds is 9. The molecular weight excluding hydrogens is 766 g/mol. The number of nitrogens with one attached hydrogen (secondary N) is 2. The average molecular weight is 811 g/mol. The number of carbonyl (C=O) groups is 1. The van der Waals surface area contributed by atoms with Crippen molar-refractivity contribution in [1.29, 1.82) is 0 Å². The second-order valence-corrected chi connectivity index (χ2v) is 17.1. The van der Waals surface area contributed by atoms with Crippen LogP contribution in [0.2, 0.25) is 0 Å². The van der Waals surface area contributed by atoms with Gasteiger partial charge in [0.15, 0.2) is 0 Å². The zero-order valence-electron chi connectivity index (χ0n) is 29.7. The van der Waals surface area contributed by atoms with Crippen LogP contribution in [0.1, 0.15) is 25.3 Å². The number of hydrogen-bond acceptors (Lipinski definition) is 11. The Morgan fingerprint density at radius 1 is 1.06 bits per heavy atom. The van der Waals surface area contributed by atoms with Gasteiger partial charge in [-0.3, -0.25) is 4.90 Å². The van der Waals surface area contributed by atoms with E-state index in [1.165, 1.54) is 37.2 Å². The van der Waals surface area contributed by atoms with Crippen LogP contribution in [0.15, 0.2) is 47.5 Å². The van der Waals surface area contributed by atoms with Crippen molar-refractivity contribution in [3.63, 3.8) is 0 Å². The molecule has 0 radical (unpaired) electrons. The van der Waals surface area contributed by atoms with Gasteiger partial charge in [0.1, 0.15) is 24.4 Å². The molecule has 18 heteroatoms. The topological polar surface area (TPSA) is 140 Å². The van der Waals surface area contributed by atoms with Gasteiger partial charge in [-0.1, -0.05) is 6.92 Å². The summed E-state index contributed by atoms with van der Waals surface area (Å²) in [6, 6.07) is 6.88. The smallest absolute Gasteiger partial charge is 0.490 e. The first-order chi connectivity index (χ1) is 24.6. The Balaban J connectivity index is 0.000000679. The number of carboxylic acids is 1. The number of carboxylic acid groups (broad SMARTS) is 1. The number of alkyl halides is 3. The van der Waals surface area contributed by atoms with Crippen molar-refractivity contribution in [1.82, 2.24) is 29.2 Å². The Hall–Kier alpha value is -3.92. The van der Waals surface area contributed by atoms with Crippen molar-refractivity contribution >= 4 is 68.8 Å².